The lowest BCUT2D eigenvalue weighted by molar-refractivity contribution is -0.116. The molecule has 2 rings (SSSR count). The number of ether oxygens (including phenoxy) is 1. The number of nitrogens with zero attached hydrogens (tertiary/aromatic N) is 1. The van der Waals surface area contributed by atoms with E-state index in [0.717, 1.165) is 5.56 Å². The van der Waals surface area contributed by atoms with Crippen LogP contribution in [0.25, 0.3) is 0 Å². The lowest BCUT2D eigenvalue weighted by Gasteiger charge is -2.39. The number of aliphatic hydroxyl groups excluding tert-OH is 1. The van der Waals surface area contributed by atoms with E-state index in [4.69, 9.17) is 4.74 Å². The van der Waals surface area contributed by atoms with Gasteiger partial charge in [-0.2, -0.15) is 0 Å². The Morgan fingerprint density at radius 1 is 1.33 bits per heavy atom. The molecular formula is C18H24N2O4. The van der Waals surface area contributed by atoms with E-state index in [1.807, 2.05) is 12.1 Å². The fraction of sp³-hybridized carbons (Fsp3) is 0.444. The largest absolute Gasteiger partial charge is 0.393 e. The summed E-state index contributed by atoms with van der Waals surface area (Å²) in [4.78, 5) is 25.5. The average Bonchev–Trinajstić information content (AvgIpc) is 2.66. The average molecular weight is 332 g/mol. The van der Waals surface area contributed by atoms with Crippen LogP contribution < -0.4 is 5.32 Å². The summed E-state index contributed by atoms with van der Waals surface area (Å²) in [5.41, 5.74) is 1.01. The minimum absolute atomic E-state index is 0.0284. The minimum atomic E-state index is -0.524. The van der Waals surface area contributed by atoms with E-state index in [-0.39, 0.29) is 18.4 Å². The molecular weight excluding hydrogens is 308 g/mol. The van der Waals surface area contributed by atoms with Gasteiger partial charge in [-0.25, -0.2) is 0 Å². The molecule has 0 aliphatic carbocycles. The van der Waals surface area contributed by atoms with E-state index in [9.17, 15) is 14.7 Å². The lowest BCUT2D eigenvalue weighted by Crippen LogP contribution is -2.49. The van der Waals surface area contributed by atoms with Gasteiger partial charge in [-0.05, 0) is 36.6 Å². The second-order valence-electron chi connectivity index (χ2n) is 5.96. The monoisotopic (exact) mass is 332 g/mol. The molecule has 24 heavy (non-hydrogen) atoms. The zero-order chi connectivity index (χ0) is 17.6. The first-order chi connectivity index (χ1) is 11.5. The van der Waals surface area contributed by atoms with Crippen LogP contribution in [0.15, 0.2) is 36.9 Å². The molecule has 0 spiro atoms. The first-order valence-corrected chi connectivity index (χ1v) is 7.98. The van der Waals surface area contributed by atoms with Crippen molar-refractivity contribution in [3.8, 4) is 0 Å². The molecule has 0 atom stereocenters. The zero-order valence-electron chi connectivity index (χ0n) is 14.0. The van der Waals surface area contributed by atoms with Crippen molar-refractivity contribution in [2.24, 2.45) is 0 Å². The van der Waals surface area contributed by atoms with Gasteiger partial charge in [0.1, 0.15) is 0 Å². The van der Waals surface area contributed by atoms with E-state index in [2.05, 4.69) is 11.9 Å². The van der Waals surface area contributed by atoms with Crippen LogP contribution in [0.4, 0.5) is 0 Å². The first kappa shape index (κ1) is 18.2. The SMILES string of the molecule is C=CC(=O)NCc1ccc(C(=O)N2CCC(CO)(OC)CC2)cc1. The second-order valence-corrected chi connectivity index (χ2v) is 5.96. The lowest BCUT2D eigenvalue weighted by atomic mass is 9.91. The summed E-state index contributed by atoms with van der Waals surface area (Å²) in [5, 5.41) is 12.1. The van der Waals surface area contributed by atoms with Gasteiger partial charge in [0, 0.05) is 32.3 Å². The van der Waals surface area contributed by atoms with Crippen molar-refractivity contribution in [3.63, 3.8) is 0 Å². The Labute approximate surface area is 142 Å². The Balaban J connectivity index is 1.93. The maximum atomic E-state index is 12.6. The molecule has 0 unspecified atom stereocenters. The number of rotatable bonds is 6. The fourth-order valence-electron chi connectivity index (χ4n) is 2.75. The fourth-order valence-corrected chi connectivity index (χ4v) is 2.75. The van der Waals surface area contributed by atoms with Crippen LogP contribution in [0.2, 0.25) is 0 Å². The van der Waals surface area contributed by atoms with Gasteiger partial charge < -0.3 is 20.1 Å². The Kier molecular flexibility index (Phi) is 6.11. The maximum absolute atomic E-state index is 12.6. The predicted molar refractivity (Wildman–Crippen MR) is 90.4 cm³/mol. The van der Waals surface area contributed by atoms with Gasteiger partial charge in [0.15, 0.2) is 0 Å². The minimum Gasteiger partial charge on any atom is -0.393 e. The number of likely N-dealkylation sites (tertiary alicyclic amines) is 1. The molecule has 1 aliphatic heterocycles. The number of amides is 2. The van der Waals surface area contributed by atoms with Crippen LogP contribution in [0, 0.1) is 0 Å². The molecule has 1 aromatic rings. The van der Waals surface area contributed by atoms with Crippen molar-refractivity contribution in [2.75, 3.05) is 26.8 Å². The van der Waals surface area contributed by atoms with E-state index in [0.29, 0.717) is 38.0 Å². The Bertz CT molecular complexity index is 584. The molecule has 1 aromatic carbocycles. The summed E-state index contributed by atoms with van der Waals surface area (Å²) >= 11 is 0. The van der Waals surface area contributed by atoms with Crippen molar-refractivity contribution in [1.82, 2.24) is 10.2 Å². The van der Waals surface area contributed by atoms with Gasteiger partial charge in [-0.3, -0.25) is 9.59 Å². The van der Waals surface area contributed by atoms with Crippen LogP contribution in [-0.2, 0) is 16.1 Å². The van der Waals surface area contributed by atoms with E-state index in [1.165, 1.54) is 6.08 Å². The summed E-state index contributed by atoms with van der Waals surface area (Å²) in [7, 11) is 1.59. The highest BCUT2D eigenvalue weighted by molar-refractivity contribution is 5.94. The molecule has 1 saturated heterocycles. The normalized spacial score (nSPS) is 16.5. The van der Waals surface area contributed by atoms with Gasteiger partial charge >= 0.3 is 0 Å². The van der Waals surface area contributed by atoms with Gasteiger partial charge in [-0.1, -0.05) is 18.7 Å². The van der Waals surface area contributed by atoms with E-state index >= 15 is 0 Å². The van der Waals surface area contributed by atoms with E-state index in [1.54, 1.807) is 24.1 Å². The highest BCUT2D eigenvalue weighted by atomic mass is 16.5. The Morgan fingerprint density at radius 3 is 2.46 bits per heavy atom. The summed E-state index contributed by atoms with van der Waals surface area (Å²) in [6.45, 7) is 4.89. The van der Waals surface area contributed by atoms with Crippen molar-refractivity contribution in [1.29, 1.82) is 0 Å². The first-order valence-electron chi connectivity index (χ1n) is 7.98. The van der Waals surface area contributed by atoms with Crippen LogP contribution in [0.5, 0.6) is 0 Å². The highest BCUT2D eigenvalue weighted by Gasteiger charge is 2.35. The molecule has 2 amide bonds. The van der Waals surface area contributed by atoms with Crippen molar-refractivity contribution in [3.05, 3.63) is 48.0 Å². The maximum Gasteiger partial charge on any atom is 0.253 e. The third kappa shape index (κ3) is 4.21. The van der Waals surface area contributed by atoms with Gasteiger partial charge in [0.25, 0.3) is 5.91 Å². The summed E-state index contributed by atoms with van der Waals surface area (Å²) < 4.78 is 5.40. The van der Waals surface area contributed by atoms with Crippen LogP contribution in [0.1, 0.15) is 28.8 Å². The number of nitrogens with one attached hydrogen (secondary N) is 1. The van der Waals surface area contributed by atoms with Crippen molar-refractivity contribution >= 4 is 11.8 Å². The number of aliphatic hydroxyl groups is 1. The van der Waals surface area contributed by atoms with Crippen molar-refractivity contribution < 1.29 is 19.4 Å². The number of methoxy groups -OCH3 is 1. The molecule has 6 heteroatoms. The quantitative estimate of drug-likeness (QED) is 0.765. The summed E-state index contributed by atoms with van der Waals surface area (Å²) in [6, 6.07) is 7.19. The van der Waals surface area contributed by atoms with Crippen LogP contribution in [-0.4, -0.2) is 54.2 Å². The van der Waals surface area contributed by atoms with Gasteiger partial charge in [0.2, 0.25) is 5.91 Å². The standard InChI is InChI=1S/C18H24N2O4/c1-3-16(22)19-12-14-4-6-15(7-5-14)17(23)20-10-8-18(13-21,24-2)9-11-20/h3-7,21H,1,8-13H2,2H3,(H,19,22). The van der Waals surface area contributed by atoms with Crippen LogP contribution in [0.3, 0.4) is 0 Å². The molecule has 0 saturated carbocycles. The highest BCUT2D eigenvalue weighted by Crippen LogP contribution is 2.26. The summed E-state index contributed by atoms with van der Waals surface area (Å²) in [5.74, 6) is -0.256. The number of piperidine rings is 1. The number of carbonyl (C=O) groups excluding carboxylic acids is 2. The third-order valence-electron chi connectivity index (χ3n) is 4.54. The van der Waals surface area contributed by atoms with E-state index < -0.39 is 5.60 Å². The number of carbonyl (C=O) groups is 2. The molecule has 2 N–H and O–H groups in total. The molecule has 0 bridgehead atoms. The molecule has 0 radical (unpaired) electrons. The summed E-state index contributed by atoms with van der Waals surface area (Å²) in [6.07, 6.45) is 2.47. The Hall–Kier alpha value is -2.18. The topological polar surface area (TPSA) is 78.9 Å². The number of hydrogen-bond donors (Lipinski definition) is 2. The molecule has 1 heterocycles. The molecule has 6 nitrogen and oxygen atoms in total. The van der Waals surface area contributed by atoms with Crippen molar-refractivity contribution in [2.45, 2.75) is 25.0 Å². The zero-order valence-corrected chi connectivity index (χ0v) is 14.0. The smallest absolute Gasteiger partial charge is 0.253 e. The molecule has 0 aromatic heterocycles. The van der Waals surface area contributed by atoms with Gasteiger partial charge in [-0.15, -0.1) is 0 Å². The predicted octanol–water partition coefficient (Wildman–Crippen LogP) is 1.10. The number of benzene rings is 1. The molecule has 130 valence electrons. The van der Waals surface area contributed by atoms with Crippen LogP contribution >= 0.6 is 0 Å². The van der Waals surface area contributed by atoms with Gasteiger partial charge in [0.05, 0.1) is 12.2 Å². The third-order valence-corrected chi connectivity index (χ3v) is 4.54. The second kappa shape index (κ2) is 8.08. The molecule has 1 fully saturated rings. The number of hydrogen-bond acceptors (Lipinski definition) is 4. The molecule has 1 aliphatic rings. The Morgan fingerprint density at radius 2 is 1.96 bits per heavy atom.